The van der Waals surface area contributed by atoms with Crippen LogP contribution in [0.15, 0.2) is 30.3 Å². The molecule has 0 bridgehead atoms. The summed E-state index contributed by atoms with van der Waals surface area (Å²) in [6.07, 6.45) is 5.66. The molecule has 1 aliphatic heterocycles. The maximum absolute atomic E-state index is 12.6. The first-order valence-corrected chi connectivity index (χ1v) is 10.1. The first-order chi connectivity index (χ1) is 11.4. The maximum Gasteiger partial charge on any atom is 0.246 e. The van der Waals surface area contributed by atoms with Crippen molar-refractivity contribution in [3.05, 3.63) is 35.9 Å². The Bertz CT molecular complexity index is 679. The summed E-state index contributed by atoms with van der Waals surface area (Å²) in [6.45, 7) is 2.66. The maximum atomic E-state index is 12.6. The van der Waals surface area contributed by atoms with Crippen molar-refractivity contribution in [3.63, 3.8) is 0 Å². The van der Waals surface area contributed by atoms with Crippen molar-refractivity contribution in [1.29, 1.82) is 0 Å². The van der Waals surface area contributed by atoms with E-state index in [9.17, 15) is 13.2 Å². The second kappa shape index (κ2) is 8.33. The molecule has 0 N–H and O–H groups in total. The first-order valence-electron chi connectivity index (χ1n) is 8.28. The number of carbonyl (C=O) groups excluding carboxylic acids is 1. The predicted octanol–water partition coefficient (Wildman–Crippen LogP) is 2.52. The first kappa shape index (κ1) is 18.5. The third kappa shape index (κ3) is 5.09. The van der Waals surface area contributed by atoms with Crippen molar-refractivity contribution in [2.75, 3.05) is 25.2 Å². The molecule has 1 aromatic rings. The Morgan fingerprint density at radius 2 is 2.04 bits per heavy atom. The van der Waals surface area contributed by atoms with Gasteiger partial charge in [0.1, 0.15) is 5.75 Å². The van der Waals surface area contributed by atoms with Gasteiger partial charge in [-0.05, 0) is 36.6 Å². The number of benzene rings is 1. The van der Waals surface area contributed by atoms with Crippen LogP contribution in [0.25, 0.3) is 6.08 Å². The number of hydrogen-bond donors (Lipinski definition) is 0. The molecular weight excluding hydrogens is 326 g/mol. The van der Waals surface area contributed by atoms with Gasteiger partial charge in [-0.2, -0.15) is 0 Å². The Kier molecular flexibility index (Phi) is 6.43. The van der Waals surface area contributed by atoms with Crippen LogP contribution in [0, 0.1) is 0 Å². The molecule has 1 saturated heterocycles. The molecular formula is C18H25NO4S. The molecule has 0 unspecified atom stereocenters. The van der Waals surface area contributed by atoms with Crippen molar-refractivity contribution in [2.45, 2.75) is 32.2 Å². The Morgan fingerprint density at radius 3 is 2.58 bits per heavy atom. The van der Waals surface area contributed by atoms with E-state index in [0.29, 0.717) is 13.0 Å². The van der Waals surface area contributed by atoms with Gasteiger partial charge in [0.25, 0.3) is 0 Å². The lowest BCUT2D eigenvalue weighted by molar-refractivity contribution is -0.127. The van der Waals surface area contributed by atoms with Crippen LogP contribution in [0.1, 0.15) is 31.7 Å². The van der Waals surface area contributed by atoms with E-state index in [2.05, 4.69) is 6.92 Å². The van der Waals surface area contributed by atoms with Gasteiger partial charge in [0.15, 0.2) is 9.84 Å². The Morgan fingerprint density at radius 1 is 1.33 bits per heavy atom. The summed E-state index contributed by atoms with van der Waals surface area (Å²) >= 11 is 0. The zero-order valence-electron chi connectivity index (χ0n) is 14.3. The molecule has 0 saturated carbocycles. The normalized spacial score (nSPS) is 19.5. The van der Waals surface area contributed by atoms with Crippen LogP contribution in [-0.4, -0.2) is 50.4 Å². The van der Waals surface area contributed by atoms with Gasteiger partial charge in [-0.15, -0.1) is 0 Å². The zero-order valence-corrected chi connectivity index (χ0v) is 15.1. The lowest BCUT2D eigenvalue weighted by atomic mass is 10.1. The van der Waals surface area contributed by atoms with Crippen molar-refractivity contribution in [2.24, 2.45) is 0 Å². The summed E-state index contributed by atoms with van der Waals surface area (Å²) in [7, 11) is -1.40. The minimum Gasteiger partial charge on any atom is -0.497 e. The number of rotatable bonds is 7. The highest BCUT2D eigenvalue weighted by molar-refractivity contribution is 7.91. The van der Waals surface area contributed by atoms with Gasteiger partial charge in [0, 0.05) is 18.7 Å². The molecule has 132 valence electrons. The molecule has 0 spiro atoms. The van der Waals surface area contributed by atoms with Crippen LogP contribution in [0.3, 0.4) is 0 Å². The van der Waals surface area contributed by atoms with Crippen LogP contribution in [0.4, 0.5) is 0 Å². The highest BCUT2D eigenvalue weighted by Crippen LogP contribution is 2.19. The van der Waals surface area contributed by atoms with Crippen LogP contribution in [0.5, 0.6) is 5.75 Å². The molecule has 1 atom stereocenters. The molecule has 1 fully saturated rings. The molecule has 1 aromatic carbocycles. The molecule has 24 heavy (non-hydrogen) atoms. The van der Waals surface area contributed by atoms with E-state index in [-0.39, 0.29) is 23.5 Å². The number of methoxy groups -OCH3 is 1. The van der Waals surface area contributed by atoms with Gasteiger partial charge < -0.3 is 9.64 Å². The Labute approximate surface area is 144 Å². The fourth-order valence-corrected chi connectivity index (χ4v) is 4.53. The molecule has 1 heterocycles. The largest absolute Gasteiger partial charge is 0.497 e. The second-order valence-electron chi connectivity index (χ2n) is 6.05. The molecule has 0 aromatic heterocycles. The standard InChI is InChI=1S/C18H25NO4S/c1-3-4-12-19(16-11-13-24(21,22)14-16)18(20)10-7-15-5-8-17(23-2)9-6-15/h5-10,16H,3-4,11-14H2,1-2H3/b10-7+/t16-/m1/s1. The number of hydrogen-bond acceptors (Lipinski definition) is 4. The van der Waals surface area contributed by atoms with Crippen molar-refractivity contribution < 1.29 is 17.9 Å². The minimum atomic E-state index is -3.01. The SMILES string of the molecule is CCCCN(C(=O)/C=C/c1ccc(OC)cc1)[C@@H]1CCS(=O)(=O)C1. The quantitative estimate of drug-likeness (QED) is 0.708. The number of ether oxygens (including phenoxy) is 1. The van der Waals surface area contributed by atoms with Gasteiger partial charge in [0.05, 0.1) is 18.6 Å². The van der Waals surface area contributed by atoms with Crippen LogP contribution >= 0.6 is 0 Å². The molecule has 6 heteroatoms. The van der Waals surface area contributed by atoms with E-state index in [4.69, 9.17) is 4.74 Å². The molecule has 1 amide bonds. The fraction of sp³-hybridized carbons (Fsp3) is 0.500. The van der Waals surface area contributed by atoms with Crippen LogP contribution < -0.4 is 4.74 Å². The van der Waals surface area contributed by atoms with Gasteiger partial charge in [0.2, 0.25) is 5.91 Å². The smallest absolute Gasteiger partial charge is 0.246 e. The minimum absolute atomic E-state index is 0.0822. The topological polar surface area (TPSA) is 63.7 Å². The van der Waals surface area contributed by atoms with Crippen molar-refractivity contribution in [1.82, 2.24) is 4.90 Å². The van der Waals surface area contributed by atoms with Gasteiger partial charge in [-0.1, -0.05) is 25.5 Å². The monoisotopic (exact) mass is 351 g/mol. The third-order valence-electron chi connectivity index (χ3n) is 4.22. The fourth-order valence-electron chi connectivity index (χ4n) is 2.80. The van der Waals surface area contributed by atoms with E-state index in [1.165, 1.54) is 6.08 Å². The highest BCUT2D eigenvalue weighted by Gasteiger charge is 2.33. The predicted molar refractivity (Wildman–Crippen MR) is 95.7 cm³/mol. The number of sulfone groups is 1. The van der Waals surface area contributed by atoms with Crippen LogP contribution in [-0.2, 0) is 14.6 Å². The van der Waals surface area contributed by atoms with E-state index in [1.807, 2.05) is 24.3 Å². The molecule has 0 aliphatic carbocycles. The summed E-state index contributed by atoms with van der Waals surface area (Å²) in [4.78, 5) is 14.3. The van der Waals surface area contributed by atoms with Crippen LogP contribution in [0.2, 0.25) is 0 Å². The average Bonchev–Trinajstić information content (AvgIpc) is 2.93. The molecule has 1 aliphatic rings. The molecule has 5 nitrogen and oxygen atoms in total. The van der Waals surface area contributed by atoms with Crippen molar-refractivity contribution >= 4 is 21.8 Å². The number of amides is 1. The Hall–Kier alpha value is -1.82. The molecule has 0 radical (unpaired) electrons. The van der Waals surface area contributed by atoms with Crippen molar-refractivity contribution in [3.8, 4) is 5.75 Å². The Balaban J connectivity index is 2.07. The summed E-state index contributed by atoms with van der Waals surface area (Å²) in [6, 6.07) is 7.22. The summed E-state index contributed by atoms with van der Waals surface area (Å²) in [5, 5.41) is 0. The van der Waals surface area contributed by atoms with E-state index < -0.39 is 9.84 Å². The van der Waals surface area contributed by atoms with E-state index in [0.717, 1.165) is 24.2 Å². The third-order valence-corrected chi connectivity index (χ3v) is 5.97. The average molecular weight is 351 g/mol. The summed E-state index contributed by atoms with van der Waals surface area (Å²) in [5.74, 6) is 0.898. The number of nitrogens with zero attached hydrogens (tertiary/aromatic N) is 1. The van der Waals surface area contributed by atoms with E-state index >= 15 is 0 Å². The highest BCUT2D eigenvalue weighted by atomic mass is 32.2. The summed E-state index contributed by atoms with van der Waals surface area (Å²) in [5.41, 5.74) is 0.902. The van der Waals surface area contributed by atoms with Gasteiger partial charge in [-0.3, -0.25) is 4.79 Å². The lowest BCUT2D eigenvalue weighted by Gasteiger charge is -2.27. The number of unbranched alkanes of at least 4 members (excludes halogenated alkanes) is 1. The van der Waals surface area contributed by atoms with Gasteiger partial charge >= 0.3 is 0 Å². The van der Waals surface area contributed by atoms with Gasteiger partial charge in [-0.25, -0.2) is 8.42 Å². The summed E-state index contributed by atoms with van der Waals surface area (Å²) < 4.78 is 28.5. The van der Waals surface area contributed by atoms with E-state index in [1.54, 1.807) is 18.1 Å². The number of carbonyl (C=O) groups is 1. The molecule has 2 rings (SSSR count). The lowest BCUT2D eigenvalue weighted by Crippen LogP contribution is -2.40. The zero-order chi connectivity index (χ0) is 17.6. The second-order valence-corrected chi connectivity index (χ2v) is 8.28.